The van der Waals surface area contributed by atoms with Crippen molar-refractivity contribution in [1.82, 2.24) is 14.9 Å². The van der Waals surface area contributed by atoms with Crippen LogP contribution in [-0.4, -0.2) is 38.6 Å². The van der Waals surface area contributed by atoms with Gasteiger partial charge in [-0.15, -0.1) is 0 Å². The Hall–Kier alpha value is -2.09. The molecule has 3 atom stereocenters. The third-order valence-corrected chi connectivity index (χ3v) is 7.34. The number of likely N-dealkylation sites (tertiary alicyclic amines) is 1. The minimum absolute atomic E-state index is 0.0340. The molecule has 1 saturated carbocycles. The number of aromatic nitrogens is 2. The van der Waals surface area contributed by atoms with E-state index in [1.54, 1.807) is 37.3 Å². The third kappa shape index (κ3) is 4.80. The predicted octanol–water partition coefficient (Wildman–Crippen LogP) is 6.07. The molecule has 1 amide bonds. The number of thioether (sulfide) groups is 1. The second-order valence-corrected chi connectivity index (χ2v) is 11.5. The van der Waals surface area contributed by atoms with Gasteiger partial charge in [0.15, 0.2) is 5.16 Å². The first-order valence-corrected chi connectivity index (χ1v) is 11.7. The first kappa shape index (κ1) is 23.1. The predicted molar refractivity (Wildman–Crippen MR) is 119 cm³/mol. The van der Waals surface area contributed by atoms with Gasteiger partial charge in [0.2, 0.25) is 5.91 Å². The molecule has 1 aliphatic heterocycles. The molecule has 1 aromatic carbocycles. The average Bonchev–Trinajstić information content (AvgIpc) is 2.95. The summed E-state index contributed by atoms with van der Waals surface area (Å²) in [5.74, 6) is -0.0521. The van der Waals surface area contributed by atoms with Crippen LogP contribution in [0.5, 0.6) is 0 Å². The van der Waals surface area contributed by atoms with E-state index in [2.05, 4.69) is 30.7 Å². The maximum atomic E-state index is 13.5. The zero-order chi connectivity index (χ0) is 23.3. The van der Waals surface area contributed by atoms with Gasteiger partial charge >= 0.3 is 6.18 Å². The van der Waals surface area contributed by atoms with Gasteiger partial charge in [-0.1, -0.05) is 62.9 Å². The Morgan fingerprint density at radius 2 is 1.84 bits per heavy atom. The number of carbonyl (C=O) groups excluding carboxylic acids is 1. The summed E-state index contributed by atoms with van der Waals surface area (Å²) in [6.45, 7) is 9.14. The van der Waals surface area contributed by atoms with E-state index in [4.69, 9.17) is 0 Å². The number of hydrogen-bond donors (Lipinski definition) is 0. The van der Waals surface area contributed by atoms with Crippen molar-refractivity contribution < 1.29 is 18.0 Å². The lowest BCUT2D eigenvalue weighted by atomic mass is 9.65. The molecular formula is C24H28F3N3OS. The van der Waals surface area contributed by atoms with Gasteiger partial charge in [0.1, 0.15) is 5.69 Å². The monoisotopic (exact) mass is 463 g/mol. The number of rotatable bonds is 4. The Morgan fingerprint density at radius 3 is 2.50 bits per heavy atom. The second kappa shape index (κ2) is 8.04. The molecule has 0 N–H and O–H groups in total. The summed E-state index contributed by atoms with van der Waals surface area (Å²) in [5, 5.41) is -0.610. The fourth-order valence-corrected chi connectivity index (χ4v) is 6.39. The molecule has 0 spiro atoms. The van der Waals surface area contributed by atoms with Crippen molar-refractivity contribution >= 4 is 17.7 Å². The largest absolute Gasteiger partial charge is 0.433 e. The summed E-state index contributed by atoms with van der Waals surface area (Å²) >= 11 is 0.997. The quantitative estimate of drug-likeness (QED) is 0.408. The van der Waals surface area contributed by atoms with Crippen molar-refractivity contribution in [3.05, 3.63) is 42.1 Å². The van der Waals surface area contributed by atoms with Crippen LogP contribution in [-0.2, 0) is 11.0 Å². The van der Waals surface area contributed by atoms with Gasteiger partial charge < -0.3 is 4.90 Å². The molecule has 8 heteroatoms. The zero-order valence-electron chi connectivity index (χ0n) is 18.7. The first-order valence-electron chi connectivity index (χ1n) is 10.8. The topological polar surface area (TPSA) is 46.1 Å². The Kier molecular flexibility index (Phi) is 5.80. The Balaban J connectivity index is 1.58. The summed E-state index contributed by atoms with van der Waals surface area (Å²) in [4.78, 5) is 23.3. The van der Waals surface area contributed by atoms with Crippen LogP contribution in [0.3, 0.4) is 0 Å². The van der Waals surface area contributed by atoms with E-state index in [1.807, 2.05) is 4.90 Å². The van der Waals surface area contributed by atoms with Gasteiger partial charge in [-0.25, -0.2) is 9.97 Å². The molecule has 1 aliphatic carbocycles. The minimum Gasteiger partial charge on any atom is -0.338 e. The van der Waals surface area contributed by atoms with E-state index < -0.39 is 17.1 Å². The molecule has 1 aromatic heterocycles. The molecule has 2 bridgehead atoms. The lowest BCUT2D eigenvalue weighted by molar-refractivity contribution is -0.141. The summed E-state index contributed by atoms with van der Waals surface area (Å²) in [7, 11) is 0. The van der Waals surface area contributed by atoms with Crippen LogP contribution in [0.15, 0.2) is 41.6 Å². The molecular weight excluding hydrogens is 435 g/mol. The molecule has 0 radical (unpaired) electrons. The average molecular weight is 464 g/mol. The molecule has 2 aromatic rings. The number of amides is 1. The van der Waals surface area contributed by atoms with Gasteiger partial charge in [0, 0.05) is 18.2 Å². The summed E-state index contributed by atoms with van der Waals surface area (Å²) in [6, 6.07) is 9.84. The van der Waals surface area contributed by atoms with Crippen LogP contribution in [0.2, 0.25) is 0 Å². The third-order valence-electron chi connectivity index (χ3n) is 6.39. The summed E-state index contributed by atoms with van der Waals surface area (Å²) in [6.07, 6.45) is -1.60. The van der Waals surface area contributed by atoms with Crippen molar-refractivity contribution in [2.75, 3.05) is 6.54 Å². The SMILES string of the molecule is C[C@H](Sc1nc(-c2ccccc2)cc(C(F)(F)F)n1)C(=O)N1C[C@@]2(C)C[C@H]1CC(C)(C)C2. The van der Waals surface area contributed by atoms with E-state index in [0.29, 0.717) is 12.1 Å². The summed E-state index contributed by atoms with van der Waals surface area (Å²) < 4.78 is 40.5. The van der Waals surface area contributed by atoms with Crippen LogP contribution in [0.25, 0.3) is 11.3 Å². The van der Waals surface area contributed by atoms with Gasteiger partial charge in [-0.3, -0.25) is 4.79 Å². The van der Waals surface area contributed by atoms with Crippen molar-refractivity contribution in [1.29, 1.82) is 0 Å². The number of carbonyl (C=O) groups is 1. The summed E-state index contributed by atoms with van der Waals surface area (Å²) in [5.41, 5.74) is 0.0446. The van der Waals surface area contributed by atoms with Crippen LogP contribution >= 0.6 is 11.8 Å². The van der Waals surface area contributed by atoms with Crippen molar-refractivity contribution in [2.45, 2.75) is 69.6 Å². The van der Waals surface area contributed by atoms with Crippen molar-refractivity contribution in [3.63, 3.8) is 0 Å². The van der Waals surface area contributed by atoms with E-state index >= 15 is 0 Å². The second-order valence-electron chi connectivity index (χ2n) is 10.2. The molecule has 2 heterocycles. The number of benzene rings is 1. The van der Waals surface area contributed by atoms with Gasteiger partial charge in [0.05, 0.1) is 10.9 Å². The highest BCUT2D eigenvalue weighted by Crippen LogP contribution is 2.52. The van der Waals surface area contributed by atoms with Crippen LogP contribution in [0.1, 0.15) is 52.7 Å². The maximum Gasteiger partial charge on any atom is 0.433 e. The number of fused-ring (bicyclic) bond motifs is 2. The van der Waals surface area contributed by atoms with Crippen LogP contribution in [0, 0.1) is 10.8 Å². The Labute approximate surface area is 191 Å². The first-order chi connectivity index (χ1) is 14.9. The zero-order valence-corrected chi connectivity index (χ0v) is 19.6. The molecule has 4 nitrogen and oxygen atoms in total. The number of alkyl halides is 3. The lowest BCUT2D eigenvalue weighted by Crippen LogP contribution is -2.41. The molecule has 2 fully saturated rings. The van der Waals surface area contributed by atoms with E-state index in [1.165, 1.54) is 0 Å². The molecule has 32 heavy (non-hydrogen) atoms. The van der Waals surface area contributed by atoms with Gasteiger partial charge in [0.25, 0.3) is 0 Å². The van der Waals surface area contributed by atoms with E-state index in [-0.39, 0.29) is 33.6 Å². The number of nitrogens with zero attached hydrogens (tertiary/aromatic N) is 3. The highest BCUT2D eigenvalue weighted by Gasteiger charge is 2.51. The Bertz CT molecular complexity index is 1010. The van der Waals surface area contributed by atoms with Crippen molar-refractivity contribution in [2.24, 2.45) is 10.8 Å². The molecule has 172 valence electrons. The van der Waals surface area contributed by atoms with Crippen molar-refractivity contribution in [3.8, 4) is 11.3 Å². The molecule has 1 saturated heterocycles. The Morgan fingerprint density at radius 1 is 1.16 bits per heavy atom. The molecule has 4 rings (SSSR count). The van der Waals surface area contributed by atoms with E-state index in [0.717, 1.165) is 37.1 Å². The maximum absolute atomic E-state index is 13.5. The van der Waals surface area contributed by atoms with Crippen LogP contribution in [0.4, 0.5) is 13.2 Å². The highest BCUT2D eigenvalue weighted by atomic mass is 32.2. The molecule has 2 aliphatic rings. The smallest absolute Gasteiger partial charge is 0.338 e. The number of hydrogen-bond acceptors (Lipinski definition) is 4. The van der Waals surface area contributed by atoms with E-state index in [9.17, 15) is 18.0 Å². The normalized spacial score (nSPS) is 25.6. The van der Waals surface area contributed by atoms with Crippen LogP contribution < -0.4 is 0 Å². The minimum atomic E-state index is -4.60. The standard InChI is InChI=1S/C24H28F3N3OS/c1-15(20(31)30-14-23(4)12-17(30)11-22(2,3)13-23)32-21-28-18(16-8-6-5-7-9-16)10-19(29-21)24(25,26)27/h5-10,15,17H,11-14H2,1-4H3/t15-,17+,23-/m0/s1. The number of halogens is 3. The fourth-order valence-electron chi connectivity index (χ4n) is 5.54. The highest BCUT2D eigenvalue weighted by molar-refractivity contribution is 8.00. The van der Waals surface area contributed by atoms with Gasteiger partial charge in [-0.05, 0) is 43.1 Å². The molecule has 0 unspecified atom stereocenters. The fraction of sp³-hybridized carbons (Fsp3) is 0.542. The lowest BCUT2D eigenvalue weighted by Gasteiger charge is -2.39. The van der Waals surface area contributed by atoms with Gasteiger partial charge in [-0.2, -0.15) is 13.2 Å².